The number of carbonyl (C=O) groups excluding carboxylic acids is 1. The summed E-state index contributed by atoms with van der Waals surface area (Å²) in [6, 6.07) is 10.2. The average molecular weight is 243 g/mol. The molecule has 0 aliphatic carbocycles. The number of aryl methyl sites for hydroxylation is 1. The predicted octanol–water partition coefficient (Wildman–Crippen LogP) is 1.58. The first kappa shape index (κ1) is 12.0. The van der Waals surface area contributed by atoms with Crippen LogP contribution in [0.2, 0.25) is 0 Å². The van der Waals surface area contributed by atoms with Crippen molar-refractivity contribution in [2.75, 3.05) is 5.32 Å². The zero-order valence-corrected chi connectivity index (χ0v) is 9.93. The fourth-order valence-corrected chi connectivity index (χ4v) is 1.61. The predicted molar refractivity (Wildman–Crippen MR) is 68.6 cm³/mol. The zero-order chi connectivity index (χ0) is 13.0. The highest BCUT2D eigenvalue weighted by Gasteiger charge is 2.09. The Morgan fingerprint density at radius 1 is 1.28 bits per heavy atom. The molecule has 0 fully saturated rings. The van der Waals surface area contributed by atoms with Gasteiger partial charge >= 0.3 is 0 Å². The summed E-state index contributed by atoms with van der Waals surface area (Å²) in [5.41, 5.74) is 1.66. The Bertz CT molecular complexity index is 599. The molecule has 0 atom stereocenters. The van der Waals surface area contributed by atoms with Crippen molar-refractivity contribution in [2.45, 2.75) is 13.3 Å². The molecule has 0 bridgehead atoms. The summed E-state index contributed by atoms with van der Waals surface area (Å²) in [5.74, 6) is -0.341. The molecule has 18 heavy (non-hydrogen) atoms. The minimum Gasteiger partial charge on any atom is -0.320 e. The largest absolute Gasteiger partial charge is 0.320 e. The van der Waals surface area contributed by atoms with Crippen LogP contribution in [0.1, 0.15) is 23.0 Å². The number of rotatable bonds is 3. The number of anilines is 1. The number of amides is 1. The molecule has 2 rings (SSSR count). The van der Waals surface area contributed by atoms with Gasteiger partial charge in [0.05, 0.1) is 0 Å². The van der Waals surface area contributed by atoms with Gasteiger partial charge in [0.15, 0.2) is 0 Å². The van der Waals surface area contributed by atoms with Gasteiger partial charge in [-0.1, -0.05) is 25.1 Å². The Balaban J connectivity index is 2.21. The zero-order valence-electron chi connectivity index (χ0n) is 9.93. The summed E-state index contributed by atoms with van der Waals surface area (Å²) < 4.78 is 0. The molecule has 0 aliphatic heterocycles. The summed E-state index contributed by atoms with van der Waals surface area (Å²) in [4.78, 5) is 22.8. The van der Waals surface area contributed by atoms with Crippen molar-refractivity contribution in [1.29, 1.82) is 0 Å². The molecule has 2 aromatic rings. The van der Waals surface area contributed by atoms with Crippen LogP contribution in [-0.4, -0.2) is 16.1 Å². The summed E-state index contributed by atoms with van der Waals surface area (Å²) in [6.07, 6.45) is 0.829. The van der Waals surface area contributed by atoms with Gasteiger partial charge < -0.3 is 5.32 Å². The van der Waals surface area contributed by atoms with E-state index in [0.717, 1.165) is 17.7 Å². The second-order valence-corrected chi connectivity index (χ2v) is 3.77. The van der Waals surface area contributed by atoms with Crippen molar-refractivity contribution in [3.63, 3.8) is 0 Å². The molecule has 0 radical (unpaired) electrons. The second-order valence-electron chi connectivity index (χ2n) is 3.77. The molecule has 5 nitrogen and oxygen atoms in total. The SMILES string of the molecule is CCc1ccccc1NC(=O)c1ccc(=O)[nH]n1. The quantitative estimate of drug-likeness (QED) is 0.859. The van der Waals surface area contributed by atoms with E-state index in [4.69, 9.17) is 0 Å². The van der Waals surface area contributed by atoms with E-state index < -0.39 is 0 Å². The van der Waals surface area contributed by atoms with Crippen molar-refractivity contribution in [1.82, 2.24) is 10.2 Å². The minimum atomic E-state index is -0.341. The standard InChI is InChI=1S/C13H13N3O2/c1-2-9-5-3-4-6-10(9)14-13(18)11-7-8-12(17)16-15-11/h3-8H,2H2,1H3,(H,14,18)(H,16,17). The van der Waals surface area contributed by atoms with Crippen molar-refractivity contribution in [2.24, 2.45) is 0 Å². The van der Waals surface area contributed by atoms with Crippen LogP contribution < -0.4 is 10.9 Å². The lowest BCUT2D eigenvalue weighted by Gasteiger charge is -2.08. The van der Waals surface area contributed by atoms with Crippen LogP contribution in [0.25, 0.3) is 0 Å². The fraction of sp³-hybridized carbons (Fsp3) is 0.154. The number of hydrogen-bond donors (Lipinski definition) is 2. The molecule has 0 spiro atoms. The number of aromatic amines is 1. The van der Waals surface area contributed by atoms with E-state index in [9.17, 15) is 9.59 Å². The van der Waals surface area contributed by atoms with Crippen molar-refractivity contribution in [3.8, 4) is 0 Å². The highest BCUT2D eigenvalue weighted by molar-refractivity contribution is 6.03. The molecular formula is C13H13N3O2. The van der Waals surface area contributed by atoms with Gasteiger partial charge in [0, 0.05) is 11.8 Å². The number of para-hydroxylation sites is 1. The number of H-pyrrole nitrogens is 1. The van der Waals surface area contributed by atoms with Crippen LogP contribution in [0.5, 0.6) is 0 Å². The third-order valence-electron chi connectivity index (χ3n) is 2.56. The Morgan fingerprint density at radius 2 is 2.06 bits per heavy atom. The van der Waals surface area contributed by atoms with Gasteiger partial charge in [-0.3, -0.25) is 9.59 Å². The first-order valence-corrected chi connectivity index (χ1v) is 5.65. The third-order valence-corrected chi connectivity index (χ3v) is 2.56. The van der Waals surface area contributed by atoms with Crippen molar-refractivity contribution >= 4 is 11.6 Å². The first-order chi connectivity index (χ1) is 8.70. The second kappa shape index (κ2) is 5.27. The van der Waals surface area contributed by atoms with Gasteiger partial charge in [0.2, 0.25) is 0 Å². The summed E-state index contributed by atoms with van der Waals surface area (Å²) in [5, 5.41) is 8.68. The normalized spacial score (nSPS) is 10.1. The van der Waals surface area contributed by atoms with E-state index in [0.29, 0.717) is 0 Å². The maximum atomic E-state index is 11.9. The number of nitrogens with zero attached hydrogens (tertiary/aromatic N) is 1. The van der Waals surface area contributed by atoms with E-state index in [1.165, 1.54) is 12.1 Å². The summed E-state index contributed by atoms with van der Waals surface area (Å²) in [7, 11) is 0. The van der Waals surface area contributed by atoms with E-state index in [1.54, 1.807) is 0 Å². The molecule has 1 heterocycles. The number of hydrogen-bond acceptors (Lipinski definition) is 3. The number of carbonyl (C=O) groups is 1. The van der Waals surface area contributed by atoms with Crippen LogP contribution >= 0.6 is 0 Å². The maximum absolute atomic E-state index is 11.9. The van der Waals surface area contributed by atoms with Gasteiger partial charge in [-0.25, -0.2) is 5.10 Å². The molecule has 1 amide bonds. The lowest BCUT2D eigenvalue weighted by Crippen LogP contribution is -2.18. The van der Waals surface area contributed by atoms with E-state index >= 15 is 0 Å². The lowest BCUT2D eigenvalue weighted by molar-refractivity contribution is 0.102. The third kappa shape index (κ3) is 2.63. The molecule has 1 aromatic heterocycles. The van der Waals surface area contributed by atoms with Crippen LogP contribution in [0.3, 0.4) is 0 Å². The number of aromatic nitrogens is 2. The first-order valence-electron chi connectivity index (χ1n) is 5.65. The molecule has 0 unspecified atom stereocenters. The Hall–Kier alpha value is -2.43. The summed E-state index contributed by atoms with van der Waals surface area (Å²) in [6.45, 7) is 2.02. The Morgan fingerprint density at radius 3 is 2.72 bits per heavy atom. The Labute approximate surface area is 104 Å². The van der Waals surface area contributed by atoms with Gasteiger partial charge in [0.1, 0.15) is 5.69 Å². The summed E-state index contributed by atoms with van der Waals surface area (Å²) >= 11 is 0. The molecule has 1 aromatic carbocycles. The highest BCUT2D eigenvalue weighted by atomic mass is 16.2. The van der Waals surface area contributed by atoms with Gasteiger partial charge in [-0.2, -0.15) is 5.10 Å². The van der Waals surface area contributed by atoms with Crippen LogP contribution in [0.15, 0.2) is 41.2 Å². The molecule has 0 saturated carbocycles. The van der Waals surface area contributed by atoms with Crippen molar-refractivity contribution in [3.05, 3.63) is 58.0 Å². The van der Waals surface area contributed by atoms with Gasteiger partial charge in [0.25, 0.3) is 11.5 Å². The molecule has 0 saturated heterocycles. The molecule has 0 aliphatic rings. The average Bonchev–Trinajstić information content (AvgIpc) is 2.40. The molecular weight excluding hydrogens is 230 g/mol. The van der Waals surface area contributed by atoms with Crippen LogP contribution in [-0.2, 0) is 6.42 Å². The van der Waals surface area contributed by atoms with E-state index in [2.05, 4.69) is 15.5 Å². The van der Waals surface area contributed by atoms with E-state index in [1.807, 2.05) is 31.2 Å². The maximum Gasteiger partial charge on any atom is 0.276 e. The molecule has 5 heteroatoms. The fourth-order valence-electron chi connectivity index (χ4n) is 1.61. The van der Waals surface area contributed by atoms with Crippen LogP contribution in [0.4, 0.5) is 5.69 Å². The van der Waals surface area contributed by atoms with Gasteiger partial charge in [-0.05, 0) is 24.1 Å². The Kier molecular flexibility index (Phi) is 3.52. The monoisotopic (exact) mass is 243 g/mol. The van der Waals surface area contributed by atoms with Crippen molar-refractivity contribution < 1.29 is 4.79 Å². The van der Waals surface area contributed by atoms with E-state index in [-0.39, 0.29) is 17.2 Å². The molecule has 92 valence electrons. The van der Waals surface area contributed by atoms with Gasteiger partial charge in [-0.15, -0.1) is 0 Å². The minimum absolute atomic E-state index is 0.181. The lowest BCUT2D eigenvalue weighted by atomic mass is 10.1. The van der Waals surface area contributed by atoms with Crippen LogP contribution in [0, 0.1) is 0 Å². The smallest absolute Gasteiger partial charge is 0.276 e. The molecule has 2 N–H and O–H groups in total. The highest BCUT2D eigenvalue weighted by Crippen LogP contribution is 2.15. The number of nitrogens with one attached hydrogen (secondary N) is 2. The number of benzene rings is 1. The topological polar surface area (TPSA) is 74.8 Å².